The first kappa shape index (κ1) is 17.7. The van der Waals surface area contributed by atoms with Crippen LogP contribution < -0.4 is 0 Å². The van der Waals surface area contributed by atoms with Crippen molar-refractivity contribution in [3.8, 4) is 0 Å². The van der Waals surface area contributed by atoms with Gasteiger partial charge in [0.15, 0.2) is 0 Å². The van der Waals surface area contributed by atoms with Gasteiger partial charge in [-0.05, 0) is 31.6 Å². The van der Waals surface area contributed by atoms with Crippen molar-refractivity contribution in [1.29, 1.82) is 0 Å². The molecular weight excluding hydrogens is 216 g/mol. The van der Waals surface area contributed by atoms with Crippen LogP contribution in [0, 0.1) is 19.8 Å². The lowest BCUT2D eigenvalue weighted by atomic mass is 9.93. The first-order chi connectivity index (χ1) is 8.85. The summed E-state index contributed by atoms with van der Waals surface area (Å²) >= 11 is 0. The minimum Gasteiger partial charge on any atom is -0.0885 e. The van der Waals surface area contributed by atoms with E-state index in [-0.39, 0.29) is 0 Å². The number of unbranched alkanes of at least 4 members (excludes halogenated alkanes) is 6. The smallest absolute Gasteiger partial charge is 0.0351 e. The van der Waals surface area contributed by atoms with Crippen molar-refractivity contribution in [2.75, 3.05) is 0 Å². The van der Waals surface area contributed by atoms with Crippen LogP contribution in [0.15, 0.2) is 12.2 Å². The van der Waals surface area contributed by atoms with Crippen LogP contribution in [-0.2, 0) is 0 Å². The maximum absolute atomic E-state index is 3.93. The zero-order valence-corrected chi connectivity index (χ0v) is 12.6. The summed E-state index contributed by atoms with van der Waals surface area (Å²) in [4.78, 5) is 0. The van der Waals surface area contributed by atoms with Crippen LogP contribution >= 0.6 is 0 Å². The maximum Gasteiger partial charge on any atom is -0.0351 e. The molecule has 0 aromatic carbocycles. The average molecular weight is 250 g/mol. The molecule has 106 valence electrons. The van der Waals surface area contributed by atoms with Gasteiger partial charge >= 0.3 is 0 Å². The van der Waals surface area contributed by atoms with E-state index in [2.05, 4.69) is 32.9 Å². The molecule has 18 heavy (non-hydrogen) atoms. The second-order valence-corrected chi connectivity index (χ2v) is 5.38. The Bertz CT molecular complexity index is 169. The van der Waals surface area contributed by atoms with Gasteiger partial charge in [-0.2, -0.15) is 0 Å². The minimum absolute atomic E-state index is 0.942. The molecule has 0 N–H and O–H groups in total. The largest absolute Gasteiger partial charge is 0.0885 e. The van der Waals surface area contributed by atoms with Crippen molar-refractivity contribution in [1.82, 2.24) is 0 Å². The maximum atomic E-state index is 3.93. The molecule has 0 amide bonds. The van der Waals surface area contributed by atoms with Gasteiger partial charge in [-0.15, -0.1) is 0 Å². The summed E-state index contributed by atoms with van der Waals surface area (Å²) in [6, 6.07) is 0. The molecule has 0 aromatic heterocycles. The fourth-order valence-electron chi connectivity index (χ4n) is 2.36. The summed E-state index contributed by atoms with van der Waals surface area (Å²) in [5, 5.41) is 0. The first-order valence-corrected chi connectivity index (χ1v) is 8.08. The van der Waals surface area contributed by atoms with E-state index in [0.29, 0.717) is 0 Å². The van der Waals surface area contributed by atoms with E-state index in [0.717, 1.165) is 18.8 Å². The highest BCUT2D eigenvalue weighted by molar-refractivity contribution is 4.81. The number of allylic oxidation sites excluding steroid dienone is 2. The molecule has 0 spiro atoms. The zero-order chi connectivity index (χ0) is 13.5. The number of hydrogen-bond acceptors (Lipinski definition) is 0. The van der Waals surface area contributed by atoms with Crippen LogP contribution in [-0.4, -0.2) is 0 Å². The van der Waals surface area contributed by atoms with Crippen molar-refractivity contribution in [3.63, 3.8) is 0 Å². The quantitative estimate of drug-likeness (QED) is 0.257. The molecule has 0 fully saturated rings. The summed E-state index contributed by atoms with van der Waals surface area (Å²) in [7, 11) is 0. The molecule has 0 bridgehead atoms. The molecule has 0 aromatic rings. The summed E-state index contributed by atoms with van der Waals surface area (Å²) in [5.41, 5.74) is 0. The van der Waals surface area contributed by atoms with Gasteiger partial charge < -0.3 is 0 Å². The van der Waals surface area contributed by atoms with E-state index < -0.39 is 0 Å². The van der Waals surface area contributed by atoms with Crippen molar-refractivity contribution >= 4 is 0 Å². The lowest BCUT2D eigenvalue weighted by Gasteiger charge is -2.13. The predicted octanol–water partition coefficient (Wildman–Crippen LogP) is 6.53. The van der Waals surface area contributed by atoms with Gasteiger partial charge in [0.25, 0.3) is 0 Å². The Morgan fingerprint density at radius 2 is 1.39 bits per heavy atom. The Kier molecular flexibility index (Phi) is 14.6. The van der Waals surface area contributed by atoms with Crippen LogP contribution in [0.5, 0.6) is 0 Å². The Morgan fingerprint density at radius 3 is 2.00 bits per heavy atom. The topological polar surface area (TPSA) is 0 Å². The van der Waals surface area contributed by atoms with Crippen LogP contribution in [0.4, 0.5) is 0 Å². The van der Waals surface area contributed by atoms with Gasteiger partial charge in [-0.3, -0.25) is 0 Å². The normalized spacial score (nSPS) is 13.3. The van der Waals surface area contributed by atoms with Gasteiger partial charge in [0.1, 0.15) is 0 Å². The van der Waals surface area contributed by atoms with E-state index in [1.165, 1.54) is 64.2 Å². The molecule has 0 saturated carbocycles. The second-order valence-electron chi connectivity index (χ2n) is 5.38. The summed E-state index contributed by atoms with van der Waals surface area (Å²) in [5.74, 6) is 0.942. The Hall–Kier alpha value is -0.260. The molecule has 0 aliphatic carbocycles. The summed E-state index contributed by atoms with van der Waals surface area (Å²) in [6.07, 6.45) is 20.3. The summed E-state index contributed by atoms with van der Waals surface area (Å²) < 4.78 is 0. The molecule has 0 aliphatic heterocycles. The molecule has 1 atom stereocenters. The fourth-order valence-corrected chi connectivity index (χ4v) is 2.36. The highest BCUT2D eigenvalue weighted by atomic mass is 14.1. The Morgan fingerprint density at radius 1 is 0.778 bits per heavy atom. The second kappa shape index (κ2) is 14.8. The van der Waals surface area contributed by atoms with Gasteiger partial charge in [-0.1, -0.05) is 84.3 Å². The van der Waals surface area contributed by atoms with Crippen LogP contribution in [0.2, 0.25) is 0 Å². The van der Waals surface area contributed by atoms with Crippen molar-refractivity contribution in [2.45, 2.75) is 84.0 Å². The number of rotatable bonds is 13. The van der Waals surface area contributed by atoms with E-state index in [1.54, 1.807) is 0 Å². The van der Waals surface area contributed by atoms with Crippen LogP contribution in [0.3, 0.4) is 0 Å². The molecule has 1 unspecified atom stereocenters. The van der Waals surface area contributed by atoms with E-state index in [1.807, 2.05) is 0 Å². The minimum atomic E-state index is 0.942. The molecule has 0 rings (SSSR count). The van der Waals surface area contributed by atoms with Gasteiger partial charge in [-0.25, -0.2) is 0 Å². The highest BCUT2D eigenvalue weighted by Gasteiger charge is 2.04. The van der Waals surface area contributed by atoms with Gasteiger partial charge in [0.2, 0.25) is 0 Å². The van der Waals surface area contributed by atoms with Crippen molar-refractivity contribution in [2.24, 2.45) is 5.92 Å². The molecule has 0 heteroatoms. The molecule has 0 aliphatic rings. The van der Waals surface area contributed by atoms with Crippen molar-refractivity contribution in [3.05, 3.63) is 26.0 Å². The fraction of sp³-hybridized carbons (Fsp3) is 0.778. The molecular formula is C18H34. The monoisotopic (exact) mass is 250 g/mol. The molecule has 0 nitrogen and oxygen atoms in total. The first-order valence-electron chi connectivity index (χ1n) is 8.08. The van der Waals surface area contributed by atoms with E-state index in [4.69, 9.17) is 0 Å². The van der Waals surface area contributed by atoms with Crippen molar-refractivity contribution < 1.29 is 0 Å². The van der Waals surface area contributed by atoms with E-state index in [9.17, 15) is 0 Å². The lowest BCUT2D eigenvalue weighted by molar-refractivity contribution is 0.414. The van der Waals surface area contributed by atoms with Crippen LogP contribution in [0.25, 0.3) is 0 Å². The zero-order valence-electron chi connectivity index (χ0n) is 12.6. The third-order valence-electron chi connectivity index (χ3n) is 3.71. The average Bonchev–Trinajstić information content (AvgIpc) is 2.40. The van der Waals surface area contributed by atoms with Crippen LogP contribution in [0.1, 0.15) is 84.0 Å². The Balaban J connectivity index is 3.33. The predicted molar refractivity (Wildman–Crippen MR) is 84.4 cm³/mol. The lowest BCUT2D eigenvalue weighted by Crippen LogP contribution is -1.98. The number of hydrogen-bond donors (Lipinski definition) is 0. The van der Waals surface area contributed by atoms with Gasteiger partial charge in [0, 0.05) is 0 Å². The Labute approximate surface area is 116 Å². The standard InChI is InChI=1S/C18H34/c1-4-7-9-10-11-12-13-14-15-17-18(6-3)16-8-5-2/h12-13,18H,1-2,4-11,14-17H2,3H3. The van der Waals surface area contributed by atoms with Gasteiger partial charge in [0.05, 0.1) is 0 Å². The molecule has 0 saturated heterocycles. The third kappa shape index (κ3) is 12.2. The molecule has 0 heterocycles. The third-order valence-corrected chi connectivity index (χ3v) is 3.71. The highest BCUT2D eigenvalue weighted by Crippen LogP contribution is 2.19. The van der Waals surface area contributed by atoms with E-state index >= 15 is 0 Å². The SMILES string of the molecule is [CH2]CCCCCC=CCCCC(CC)CCC[CH2]. The molecule has 2 radical (unpaired) electrons. The summed E-state index contributed by atoms with van der Waals surface area (Å²) in [6.45, 7) is 10.1.